The van der Waals surface area contributed by atoms with Crippen LogP contribution in [0.4, 0.5) is 5.69 Å². The minimum atomic E-state index is -0.322. The van der Waals surface area contributed by atoms with E-state index in [9.17, 15) is 14.4 Å². The average molecular weight is 334 g/mol. The van der Waals surface area contributed by atoms with Gasteiger partial charge in [-0.1, -0.05) is 6.92 Å². The molecule has 7 nitrogen and oxygen atoms in total. The third-order valence-electron chi connectivity index (χ3n) is 3.53. The Kier molecular flexibility index (Phi) is 6.17. The number of carbonyl (C=O) groups excluding carboxylic acids is 3. The monoisotopic (exact) mass is 334 g/mol. The van der Waals surface area contributed by atoms with Crippen LogP contribution in [0.15, 0.2) is 18.2 Å². The van der Waals surface area contributed by atoms with Crippen LogP contribution < -0.4 is 10.1 Å². The Bertz CT molecular complexity index is 629. The fourth-order valence-corrected chi connectivity index (χ4v) is 2.44. The van der Waals surface area contributed by atoms with Crippen molar-refractivity contribution in [3.8, 4) is 5.75 Å². The minimum absolute atomic E-state index is 0.0260. The SMILES string of the molecule is CCCN(CCC(=O)OCC)C(=O)c1ccc2c(c1)NC(=O)CO2. The van der Waals surface area contributed by atoms with E-state index in [-0.39, 0.29) is 30.8 Å². The van der Waals surface area contributed by atoms with Gasteiger partial charge in [-0.3, -0.25) is 14.4 Å². The van der Waals surface area contributed by atoms with E-state index in [1.807, 2.05) is 6.92 Å². The summed E-state index contributed by atoms with van der Waals surface area (Å²) in [5, 5.41) is 2.68. The Labute approximate surface area is 140 Å². The predicted octanol–water partition coefficient (Wildman–Crippen LogP) is 1.82. The molecular formula is C17H22N2O5. The zero-order chi connectivity index (χ0) is 17.5. The highest BCUT2D eigenvalue weighted by Gasteiger charge is 2.21. The molecule has 24 heavy (non-hydrogen) atoms. The van der Waals surface area contributed by atoms with Gasteiger partial charge in [0, 0.05) is 18.7 Å². The van der Waals surface area contributed by atoms with Gasteiger partial charge in [-0.15, -0.1) is 0 Å². The molecule has 130 valence electrons. The number of benzene rings is 1. The molecule has 0 spiro atoms. The van der Waals surface area contributed by atoms with Gasteiger partial charge in [-0.2, -0.15) is 0 Å². The number of amides is 2. The van der Waals surface area contributed by atoms with Gasteiger partial charge in [0.1, 0.15) is 5.75 Å². The molecular weight excluding hydrogens is 312 g/mol. The Morgan fingerprint density at radius 1 is 1.29 bits per heavy atom. The van der Waals surface area contributed by atoms with E-state index in [1.165, 1.54) is 0 Å². The van der Waals surface area contributed by atoms with E-state index in [0.717, 1.165) is 6.42 Å². The molecule has 0 saturated heterocycles. The maximum atomic E-state index is 12.7. The maximum Gasteiger partial charge on any atom is 0.307 e. The number of hydrogen-bond acceptors (Lipinski definition) is 5. The quantitative estimate of drug-likeness (QED) is 0.769. The van der Waals surface area contributed by atoms with Gasteiger partial charge in [0.2, 0.25) is 0 Å². The number of nitrogens with one attached hydrogen (secondary N) is 1. The normalized spacial score (nSPS) is 12.7. The smallest absolute Gasteiger partial charge is 0.307 e. The second kappa shape index (κ2) is 8.33. The number of rotatable bonds is 7. The summed E-state index contributed by atoms with van der Waals surface area (Å²) in [6.45, 7) is 4.85. The highest BCUT2D eigenvalue weighted by Crippen LogP contribution is 2.28. The first kappa shape index (κ1) is 17.8. The first-order valence-corrected chi connectivity index (χ1v) is 8.06. The first-order chi connectivity index (χ1) is 11.5. The summed E-state index contributed by atoms with van der Waals surface area (Å²) in [5.41, 5.74) is 0.927. The van der Waals surface area contributed by atoms with Crippen molar-refractivity contribution in [3.05, 3.63) is 23.8 Å². The van der Waals surface area contributed by atoms with Crippen LogP contribution in [-0.4, -0.2) is 49.0 Å². The summed E-state index contributed by atoms with van der Waals surface area (Å²) in [6, 6.07) is 4.92. The molecule has 1 aromatic rings. The highest BCUT2D eigenvalue weighted by molar-refractivity contribution is 6.00. The van der Waals surface area contributed by atoms with E-state index in [1.54, 1.807) is 30.0 Å². The van der Waals surface area contributed by atoms with Crippen LogP contribution in [0.5, 0.6) is 5.75 Å². The molecule has 1 aliphatic heterocycles. The van der Waals surface area contributed by atoms with Crippen molar-refractivity contribution < 1.29 is 23.9 Å². The predicted molar refractivity (Wildman–Crippen MR) is 88.0 cm³/mol. The van der Waals surface area contributed by atoms with E-state index in [2.05, 4.69) is 5.32 Å². The highest BCUT2D eigenvalue weighted by atomic mass is 16.5. The van der Waals surface area contributed by atoms with Gasteiger partial charge in [0.05, 0.1) is 18.7 Å². The van der Waals surface area contributed by atoms with Gasteiger partial charge in [-0.25, -0.2) is 0 Å². The molecule has 0 fully saturated rings. The fourth-order valence-electron chi connectivity index (χ4n) is 2.44. The number of nitrogens with zero attached hydrogens (tertiary/aromatic N) is 1. The van der Waals surface area contributed by atoms with E-state index in [0.29, 0.717) is 36.7 Å². The third kappa shape index (κ3) is 4.47. The molecule has 2 amide bonds. The topological polar surface area (TPSA) is 84.9 Å². The van der Waals surface area contributed by atoms with Crippen molar-refractivity contribution in [3.63, 3.8) is 0 Å². The number of fused-ring (bicyclic) bond motifs is 1. The Morgan fingerprint density at radius 2 is 2.08 bits per heavy atom. The number of carbonyl (C=O) groups is 3. The Hall–Kier alpha value is -2.57. The van der Waals surface area contributed by atoms with Crippen molar-refractivity contribution in [2.45, 2.75) is 26.7 Å². The van der Waals surface area contributed by atoms with Gasteiger partial charge in [-0.05, 0) is 31.5 Å². The standard InChI is InChI=1S/C17H22N2O5/c1-3-8-19(9-7-16(21)23-4-2)17(22)12-5-6-14-13(10-12)18-15(20)11-24-14/h5-6,10H,3-4,7-9,11H2,1-2H3,(H,18,20). The lowest BCUT2D eigenvalue weighted by Crippen LogP contribution is -2.34. The lowest BCUT2D eigenvalue weighted by atomic mass is 10.1. The Balaban J connectivity index is 2.10. The molecule has 1 heterocycles. The molecule has 1 aliphatic rings. The molecule has 2 rings (SSSR count). The van der Waals surface area contributed by atoms with Crippen LogP contribution in [0.3, 0.4) is 0 Å². The molecule has 0 bridgehead atoms. The zero-order valence-corrected chi connectivity index (χ0v) is 14.0. The molecule has 1 aromatic carbocycles. The first-order valence-electron chi connectivity index (χ1n) is 8.06. The lowest BCUT2D eigenvalue weighted by Gasteiger charge is -2.23. The molecule has 0 radical (unpaired) electrons. The van der Waals surface area contributed by atoms with Crippen LogP contribution in [-0.2, 0) is 14.3 Å². The van der Waals surface area contributed by atoms with E-state index >= 15 is 0 Å². The third-order valence-corrected chi connectivity index (χ3v) is 3.53. The number of esters is 1. The van der Waals surface area contributed by atoms with Crippen LogP contribution in [0, 0.1) is 0 Å². The Morgan fingerprint density at radius 3 is 2.79 bits per heavy atom. The summed E-state index contributed by atoms with van der Waals surface area (Å²) in [7, 11) is 0. The summed E-state index contributed by atoms with van der Waals surface area (Å²) in [4.78, 5) is 37.2. The minimum Gasteiger partial charge on any atom is -0.482 e. The lowest BCUT2D eigenvalue weighted by molar-refractivity contribution is -0.143. The van der Waals surface area contributed by atoms with Gasteiger partial charge in [0.15, 0.2) is 6.61 Å². The van der Waals surface area contributed by atoms with Crippen molar-refractivity contribution in [2.75, 3.05) is 31.6 Å². The van der Waals surface area contributed by atoms with Crippen molar-refractivity contribution in [1.82, 2.24) is 4.90 Å². The molecule has 1 N–H and O–H groups in total. The van der Waals surface area contributed by atoms with Crippen LogP contribution >= 0.6 is 0 Å². The maximum absolute atomic E-state index is 12.7. The molecule has 0 saturated carbocycles. The summed E-state index contributed by atoms with van der Waals surface area (Å²) in [6.07, 6.45) is 0.934. The second-order valence-corrected chi connectivity index (χ2v) is 5.40. The zero-order valence-electron chi connectivity index (χ0n) is 14.0. The van der Waals surface area contributed by atoms with Crippen molar-refractivity contribution >= 4 is 23.5 Å². The van der Waals surface area contributed by atoms with Crippen LogP contribution in [0.1, 0.15) is 37.0 Å². The summed E-state index contributed by atoms with van der Waals surface area (Å²) >= 11 is 0. The molecule has 0 atom stereocenters. The van der Waals surface area contributed by atoms with E-state index < -0.39 is 0 Å². The number of ether oxygens (including phenoxy) is 2. The molecule has 0 unspecified atom stereocenters. The largest absolute Gasteiger partial charge is 0.482 e. The van der Waals surface area contributed by atoms with Crippen LogP contribution in [0.25, 0.3) is 0 Å². The summed E-state index contributed by atoms with van der Waals surface area (Å²) < 4.78 is 10.2. The van der Waals surface area contributed by atoms with Gasteiger partial charge in [0.25, 0.3) is 11.8 Å². The van der Waals surface area contributed by atoms with Gasteiger partial charge >= 0.3 is 5.97 Å². The average Bonchev–Trinajstić information content (AvgIpc) is 2.57. The molecule has 0 aliphatic carbocycles. The van der Waals surface area contributed by atoms with Gasteiger partial charge < -0.3 is 19.7 Å². The molecule has 0 aromatic heterocycles. The summed E-state index contributed by atoms with van der Waals surface area (Å²) in [5.74, 6) is -0.221. The van der Waals surface area contributed by atoms with Crippen LogP contribution in [0.2, 0.25) is 0 Å². The fraction of sp³-hybridized carbons (Fsp3) is 0.471. The molecule has 7 heteroatoms. The van der Waals surface area contributed by atoms with Crippen molar-refractivity contribution in [1.29, 1.82) is 0 Å². The second-order valence-electron chi connectivity index (χ2n) is 5.40. The van der Waals surface area contributed by atoms with Crippen molar-refractivity contribution in [2.24, 2.45) is 0 Å². The van der Waals surface area contributed by atoms with E-state index in [4.69, 9.17) is 9.47 Å². The number of hydrogen-bond donors (Lipinski definition) is 1. The number of anilines is 1.